The maximum atomic E-state index is 15.9. The molecule has 41 heavy (non-hydrogen) atoms. The molecule has 2 aliphatic carbocycles. The highest BCUT2D eigenvalue weighted by Crippen LogP contribution is 2.41. The quantitative estimate of drug-likeness (QED) is 0.234. The van der Waals surface area contributed by atoms with Crippen molar-refractivity contribution in [3.05, 3.63) is 139 Å². The van der Waals surface area contributed by atoms with Crippen LogP contribution in [-0.4, -0.2) is 46.3 Å². The van der Waals surface area contributed by atoms with Crippen LogP contribution in [0.15, 0.2) is 108 Å². The van der Waals surface area contributed by atoms with Gasteiger partial charge in [-0.1, -0.05) is 60.7 Å². The van der Waals surface area contributed by atoms with Crippen molar-refractivity contribution >= 4 is 0 Å². The number of nitrogens with zero attached hydrogens (tertiary/aromatic N) is 2. The molecule has 9 nitrogen and oxygen atoms in total. The van der Waals surface area contributed by atoms with Crippen molar-refractivity contribution in [1.82, 2.24) is 0 Å². The fourth-order valence-electron chi connectivity index (χ4n) is 5.11. The van der Waals surface area contributed by atoms with Gasteiger partial charge in [0.2, 0.25) is 0 Å². The van der Waals surface area contributed by atoms with Crippen molar-refractivity contribution in [1.29, 1.82) is 0 Å². The second-order valence-electron chi connectivity index (χ2n) is 9.69. The lowest BCUT2D eigenvalue weighted by molar-refractivity contribution is -0.567. The van der Waals surface area contributed by atoms with E-state index in [0.29, 0.717) is 11.1 Å². The molecule has 2 aliphatic rings. The third kappa shape index (κ3) is 5.82. The van der Waals surface area contributed by atoms with Crippen LogP contribution < -0.4 is 0 Å². The molecule has 4 atom stereocenters. The van der Waals surface area contributed by atoms with Crippen LogP contribution in [-0.2, 0) is 27.1 Å². The van der Waals surface area contributed by atoms with Gasteiger partial charge in [-0.05, 0) is 49.3 Å². The van der Waals surface area contributed by atoms with Gasteiger partial charge in [-0.3, -0.25) is 20.2 Å². The van der Waals surface area contributed by atoms with Crippen LogP contribution in [0.2, 0.25) is 0 Å². The summed E-state index contributed by atoms with van der Waals surface area (Å²) in [6, 6.07) is 17.1. The number of benzene rings is 2. The molecule has 0 radical (unpaired) electrons. The lowest BCUT2D eigenvalue weighted by Gasteiger charge is -2.34. The van der Waals surface area contributed by atoms with E-state index in [9.17, 15) is 20.2 Å². The Morgan fingerprint density at radius 2 is 1.07 bits per heavy atom. The fourth-order valence-corrected chi connectivity index (χ4v) is 5.11. The molecule has 216 valence electrons. The van der Waals surface area contributed by atoms with Crippen LogP contribution in [0.3, 0.4) is 0 Å². The molecule has 0 heterocycles. The summed E-state index contributed by atoms with van der Waals surface area (Å²) in [4.78, 5) is 23.5. The lowest BCUT2D eigenvalue weighted by Crippen LogP contribution is -2.53. The Hall–Kier alpha value is -4.22. The van der Waals surface area contributed by atoms with E-state index in [1.54, 1.807) is 74.5 Å². The van der Waals surface area contributed by atoms with E-state index in [2.05, 4.69) is 0 Å². The lowest BCUT2D eigenvalue weighted by atomic mass is 9.81. The van der Waals surface area contributed by atoms with Gasteiger partial charge in [0, 0.05) is 23.1 Å². The first-order chi connectivity index (χ1) is 19.7. The molecule has 11 heteroatoms. The Labute approximate surface area is 235 Å². The van der Waals surface area contributed by atoms with Gasteiger partial charge in [0.1, 0.15) is 0 Å². The smallest absolute Gasteiger partial charge is 0.276 e. The molecule has 4 unspecified atom stereocenters. The minimum atomic E-state index is -1.99. The summed E-state index contributed by atoms with van der Waals surface area (Å²) in [5.74, 6) is -3.20. The van der Waals surface area contributed by atoms with Crippen molar-refractivity contribution in [2.75, 3.05) is 13.2 Å². The van der Waals surface area contributed by atoms with E-state index in [0.717, 1.165) is 12.2 Å². The Bertz CT molecular complexity index is 1290. The normalized spacial score (nSPS) is 25.9. The van der Waals surface area contributed by atoms with Gasteiger partial charge < -0.3 is 14.2 Å². The summed E-state index contributed by atoms with van der Waals surface area (Å²) in [6.07, 6.45) is 0.823. The summed E-state index contributed by atoms with van der Waals surface area (Å²) < 4.78 is 48.5. The monoisotopic (exact) mass is 568 g/mol. The summed E-state index contributed by atoms with van der Waals surface area (Å²) in [5, 5.41) is 24.7. The predicted octanol–water partition coefficient (Wildman–Crippen LogP) is 5.83. The molecule has 0 bridgehead atoms. The van der Waals surface area contributed by atoms with E-state index >= 15 is 8.78 Å². The Morgan fingerprint density at radius 3 is 1.39 bits per heavy atom. The van der Waals surface area contributed by atoms with Gasteiger partial charge >= 0.3 is 0 Å². The highest BCUT2D eigenvalue weighted by Gasteiger charge is 2.56. The van der Waals surface area contributed by atoms with Gasteiger partial charge in [-0.15, -0.1) is 0 Å². The standard InChI is InChI=1S/C30H30F2N2O7/c1-3-39-27-25(31)23(15-17-29(27,33(35)36)19-21-11-7-5-8-12-21)41-24-16-18-30(34(37)38,28(26(24)32)40-4-2)20-22-13-9-6-10-14-22/h5-18,27-28H,3-4,19-20H2,1-2H3. The Balaban J connectivity index is 1.70. The van der Waals surface area contributed by atoms with Gasteiger partial charge in [-0.25, -0.2) is 8.78 Å². The molecule has 0 aliphatic heterocycles. The van der Waals surface area contributed by atoms with E-state index in [-0.39, 0.29) is 26.1 Å². The predicted molar refractivity (Wildman–Crippen MR) is 146 cm³/mol. The second kappa shape index (κ2) is 12.5. The third-order valence-electron chi connectivity index (χ3n) is 7.11. The average molecular weight is 569 g/mol. The van der Waals surface area contributed by atoms with E-state index in [1.165, 1.54) is 12.2 Å². The van der Waals surface area contributed by atoms with Crippen LogP contribution in [0, 0.1) is 20.2 Å². The molecule has 0 aromatic heterocycles. The topological polar surface area (TPSA) is 114 Å². The van der Waals surface area contributed by atoms with Crippen molar-refractivity contribution in [3.8, 4) is 0 Å². The minimum absolute atomic E-state index is 0.0438. The van der Waals surface area contributed by atoms with Crippen LogP contribution in [0.5, 0.6) is 0 Å². The number of allylic oxidation sites excluding steroid dienone is 2. The van der Waals surface area contributed by atoms with Gasteiger partial charge in [-0.2, -0.15) is 0 Å². The summed E-state index contributed by atoms with van der Waals surface area (Å²) in [5.41, 5.74) is -2.80. The van der Waals surface area contributed by atoms with Crippen LogP contribution >= 0.6 is 0 Å². The zero-order chi connectivity index (χ0) is 29.6. The van der Waals surface area contributed by atoms with Gasteiger partial charge in [0.15, 0.2) is 35.4 Å². The first-order valence-corrected chi connectivity index (χ1v) is 13.1. The van der Waals surface area contributed by atoms with E-state index in [1.807, 2.05) is 0 Å². The molecular weight excluding hydrogens is 538 g/mol. The molecule has 4 rings (SSSR count). The van der Waals surface area contributed by atoms with Crippen molar-refractivity contribution in [2.24, 2.45) is 0 Å². The molecule has 0 amide bonds. The zero-order valence-electron chi connectivity index (χ0n) is 22.6. The molecule has 0 saturated heterocycles. The van der Waals surface area contributed by atoms with Crippen molar-refractivity contribution in [3.63, 3.8) is 0 Å². The Morgan fingerprint density at radius 1 is 0.707 bits per heavy atom. The zero-order valence-corrected chi connectivity index (χ0v) is 22.6. The van der Waals surface area contributed by atoms with Gasteiger partial charge in [0.05, 0.1) is 12.8 Å². The van der Waals surface area contributed by atoms with Crippen LogP contribution in [0.25, 0.3) is 0 Å². The number of halogens is 2. The largest absolute Gasteiger partial charge is 0.452 e. The number of ether oxygens (including phenoxy) is 3. The Kier molecular flexibility index (Phi) is 9.09. The van der Waals surface area contributed by atoms with Crippen LogP contribution in [0.4, 0.5) is 8.78 Å². The number of nitro groups is 2. The average Bonchev–Trinajstić information content (AvgIpc) is 2.96. The molecule has 2 aromatic carbocycles. The molecule has 0 fully saturated rings. The highest BCUT2D eigenvalue weighted by molar-refractivity contribution is 5.39. The SMILES string of the molecule is CCOC1C(F)=C(OC2=C(F)C(OCC)C(Cc3ccccc3)([N+](=O)[O-])C=C2)C=CC1(Cc1ccccc1)[N+](=O)[O-]. The second-order valence-corrected chi connectivity index (χ2v) is 9.69. The maximum Gasteiger partial charge on any atom is 0.276 e. The molecular formula is C30H30F2N2O7. The van der Waals surface area contributed by atoms with Crippen molar-refractivity contribution < 1.29 is 32.8 Å². The first kappa shape index (κ1) is 29.8. The van der Waals surface area contributed by atoms with E-state index < -0.39 is 56.3 Å². The fraction of sp³-hybridized carbons (Fsp3) is 0.333. The first-order valence-electron chi connectivity index (χ1n) is 13.1. The van der Waals surface area contributed by atoms with Gasteiger partial charge in [0.25, 0.3) is 11.1 Å². The van der Waals surface area contributed by atoms with Crippen molar-refractivity contribution in [2.45, 2.75) is 50.0 Å². The molecule has 0 spiro atoms. The van der Waals surface area contributed by atoms with Crippen LogP contribution in [0.1, 0.15) is 25.0 Å². The number of hydrogen-bond acceptors (Lipinski definition) is 7. The number of rotatable bonds is 12. The third-order valence-corrected chi connectivity index (χ3v) is 7.11. The maximum absolute atomic E-state index is 15.9. The minimum Gasteiger partial charge on any atom is -0.452 e. The summed E-state index contributed by atoms with van der Waals surface area (Å²) >= 11 is 0. The molecule has 0 saturated carbocycles. The molecule has 0 N–H and O–H groups in total. The molecule has 2 aromatic rings. The summed E-state index contributed by atoms with van der Waals surface area (Å²) in [7, 11) is 0. The van der Waals surface area contributed by atoms with E-state index in [4.69, 9.17) is 14.2 Å². The highest BCUT2D eigenvalue weighted by atomic mass is 19.1. The number of hydrogen-bond donors (Lipinski definition) is 0. The summed E-state index contributed by atoms with van der Waals surface area (Å²) in [6.45, 7) is 3.06.